The molecule has 4 nitrogen and oxygen atoms in total. The average molecular weight is 401 g/mol. The first-order valence-electron chi connectivity index (χ1n) is 9.30. The summed E-state index contributed by atoms with van der Waals surface area (Å²) in [4.78, 5) is 18.1. The van der Waals surface area contributed by atoms with Crippen LogP contribution in [-0.4, -0.2) is 17.5 Å². The molecule has 5 heteroatoms. The van der Waals surface area contributed by atoms with Crippen molar-refractivity contribution >= 4 is 22.9 Å². The van der Waals surface area contributed by atoms with Gasteiger partial charge in [0.05, 0.1) is 5.69 Å². The van der Waals surface area contributed by atoms with Gasteiger partial charge in [0.25, 0.3) is 5.91 Å². The van der Waals surface area contributed by atoms with Crippen LogP contribution in [0.3, 0.4) is 0 Å². The summed E-state index contributed by atoms with van der Waals surface area (Å²) in [5, 5.41) is 3.86. The van der Waals surface area contributed by atoms with Gasteiger partial charge in [-0.05, 0) is 31.2 Å². The van der Waals surface area contributed by atoms with Gasteiger partial charge in [-0.1, -0.05) is 60.7 Å². The van der Waals surface area contributed by atoms with E-state index in [1.807, 2.05) is 72.8 Å². The second-order valence-electron chi connectivity index (χ2n) is 6.52. The number of rotatable bonds is 6. The summed E-state index contributed by atoms with van der Waals surface area (Å²) in [6.07, 6.45) is 0. The van der Waals surface area contributed by atoms with Crippen molar-refractivity contribution in [3.8, 4) is 27.6 Å². The zero-order valence-corrected chi connectivity index (χ0v) is 16.8. The molecule has 4 aromatic rings. The Kier molecular flexibility index (Phi) is 5.68. The monoisotopic (exact) mass is 400 g/mol. The topological polar surface area (TPSA) is 51.2 Å². The lowest BCUT2D eigenvalue weighted by Crippen LogP contribution is -2.20. The summed E-state index contributed by atoms with van der Waals surface area (Å²) >= 11 is 1.68. The molecule has 0 atom stereocenters. The average Bonchev–Trinajstić information content (AvgIpc) is 3.16. The number of anilines is 1. The highest BCUT2D eigenvalue weighted by Gasteiger charge is 2.11. The molecule has 0 unspecified atom stereocenters. The third kappa shape index (κ3) is 4.70. The number of nitrogens with one attached hydrogen (secondary N) is 1. The summed E-state index contributed by atoms with van der Waals surface area (Å²) in [7, 11) is 0. The fourth-order valence-corrected chi connectivity index (χ4v) is 3.88. The van der Waals surface area contributed by atoms with Gasteiger partial charge in [-0.3, -0.25) is 4.79 Å². The van der Waals surface area contributed by atoms with Gasteiger partial charge in [-0.2, -0.15) is 0 Å². The number of carbonyl (C=O) groups is 1. The maximum absolute atomic E-state index is 12.1. The number of aromatic nitrogens is 1. The van der Waals surface area contributed by atoms with E-state index in [9.17, 15) is 4.79 Å². The van der Waals surface area contributed by atoms with E-state index in [0.29, 0.717) is 5.75 Å². The van der Waals surface area contributed by atoms with Crippen LogP contribution in [0.2, 0.25) is 0 Å². The molecule has 144 valence electrons. The Labute approximate surface area is 173 Å². The van der Waals surface area contributed by atoms with E-state index < -0.39 is 0 Å². The number of ether oxygens (including phenoxy) is 1. The van der Waals surface area contributed by atoms with Crippen molar-refractivity contribution in [2.24, 2.45) is 0 Å². The molecular weight excluding hydrogens is 380 g/mol. The van der Waals surface area contributed by atoms with Crippen molar-refractivity contribution in [2.75, 3.05) is 11.9 Å². The normalized spacial score (nSPS) is 10.5. The molecular formula is C24H20N2O2S. The molecule has 1 amide bonds. The maximum atomic E-state index is 12.1. The molecule has 1 heterocycles. The van der Waals surface area contributed by atoms with Crippen LogP contribution >= 0.6 is 11.3 Å². The van der Waals surface area contributed by atoms with E-state index in [-0.39, 0.29) is 12.5 Å². The molecule has 0 bridgehead atoms. The van der Waals surface area contributed by atoms with E-state index in [1.165, 1.54) is 0 Å². The van der Waals surface area contributed by atoms with Crippen molar-refractivity contribution in [1.29, 1.82) is 0 Å². The minimum absolute atomic E-state index is 0.0304. The lowest BCUT2D eigenvalue weighted by Gasteiger charge is -2.08. The first-order chi connectivity index (χ1) is 14.2. The second-order valence-corrected chi connectivity index (χ2v) is 7.72. The van der Waals surface area contributed by atoms with Gasteiger partial charge in [0.1, 0.15) is 10.8 Å². The Morgan fingerprint density at radius 3 is 2.24 bits per heavy atom. The summed E-state index contributed by atoms with van der Waals surface area (Å²) in [5.41, 5.74) is 3.85. The van der Waals surface area contributed by atoms with E-state index in [1.54, 1.807) is 11.3 Å². The number of nitrogens with zero attached hydrogens (tertiary/aromatic N) is 1. The summed E-state index contributed by atoms with van der Waals surface area (Å²) in [5.74, 6) is 0.476. The highest BCUT2D eigenvalue weighted by Crippen LogP contribution is 2.33. The maximum Gasteiger partial charge on any atom is 0.262 e. The molecule has 0 fully saturated rings. The van der Waals surface area contributed by atoms with Gasteiger partial charge in [0.2, 0.25) is 0 Å². The molecule has 3 aromatic carbocycles. The van der Waals surface area contributed by atoms with Gasteiger partial charge in [-0.15, -0.1) is 11.3 Å². The molecule has 1 aromatic heterocycles. The van der Waals surface area contributed by atoms with E-state index in [4.69, 9.17) is 9.72 Å². The van der Waals surface area contributed by atoms with Crippen molar-refractivity contribution < 1.29 is 9.53 Å². The first kappa shape index (κ1) is 18.9. The molecule has 0 aliphatic carbocycles. The Balaban J connectivity index is 1.42. The summed E-state index contributed by atoms with van der Waals surface area (Å²) in [6, 6.07) is 27.2. The van der Waals surface area contributed by atoms with Gasteiger partial charge < -0.3 is 10.1 Å². The molecule has 0 saturated carbocycles. The van der Waals surface area contributed by atoms with E-state index in [0.717, 1.165) is 32.4 Å². The highest BCUT2D eigenvalue weighted by molar-refractivity contribution is 7.15. The van der Waals surface area contributed by atoms with Crippen LogP contribution in [0.5, 0.6) is 5.75 Å². The van der Waals surface area contributed by atoms with Crippen LogP contribution < -0.4 is 10.1 Å². The lowest BCUT2D eigenvalue weighted by atomic mass is 10.1. The Hall–Kier alpha value is -3.44. The van der Waals surface area contributed by atoms with Crippen LogP contribution in [0.15, 0.2) is 84.9 Å². The standard InChI is InChI=1S/C24H20N2O2S/c1-17-23(26-24(29-17)19-8-4-2-5-9-19)18-12-14-20(15-13-18)25-22(27)16-28-21-10-6-3-7-11-21/h2-15H,16H2,1H3,(H,25,27). The van der Waals surface area contributed by atoms with Gasteiger partial charge in [0, 0.05) is 21.7 Å². The zero-order chi connectivity index (χ0) is 20.1. The number of benzene rings is 3. The molecule has 1 N–H and O–H groups in total. The summed E-state index contributed by atoms with van der Waals surface area (Å²) in [6.45, 7) is 2.05. The van der Waals surface area contributed by atoms with Gasteiger partial charge in [-0.25, -0.2) is 4.98 Å². The van der Waals surface area contributed by atoms with Crippen LogP contribution in [0.4, 0.5) is 5.69 Å². The second kappa shape index (κ2) is 8.71. The minimum Gasteiger partial charge on any atom is -0.484 e. The molecule has 4 rings (SSSR count). The minimum atomic E-state index is -0.196. The molecule has 0 aliphatic heterocycles. The van der Waals surface area contributed by atoms with Crippen molar-refractivity contribution in [3.63, 3.8) is 0 Å². The number of thiazole rings is 1. The number of hydrogen-bond donors (Lipinski definition) is 1. The van der Waals surface area contributed by atoms with Crippen LogP contribution in [0.25, 0.3) is 21.8 Å². The Bertz CT molecular complexity index is 1090. The predicted molar refractivity (Wildman–Crippen MR) is 118 cm³/mol. The van der Waals surface area contributed by atoms with Crippen molar-refractivity contribution in [1.82, 2.24) is 4.98 Å². The number of carbonyl (C=O) groups excluding carboxylic acids is 1. The molecule has 0 aliphatic rings. The molecule has 29 heavy (non-hydrogen) atoms. The SMILES string of the molecule is Cc1sc(-c2ccccc2)nc1-c1ccc(NC(=O)COc2ccccc2)cc1. The molecule has 0 saturated heterocycles. The number of para-hydroxylation sites is 1. The van der Waals surface area contributed by atoms with E-state index in [2.05, 4.69) is 24.4 Å². The van der Waals surface area contributed by atoms with Gasteiger partial charge >= 0.3 is 0 Å². The predicted octanol–water partition coefficient (Wildman–Crippen LogP) is 5.80. The third-order valence-electron chi connectivity index (χ3n) is 4.37. The number of amides is 1. The van der Waals surface area contributed by atoms with E-state index >= 15 is 0 Å². The van der Waals surface area contributed by atoms with Crippen molar-refractivity contribution in [3.05, 3.63) is 89.8 Å². The number of hydrogen-bond acceptors (Lipinski definition) is 4. The first-order valence-corrected chi connectivity index (χ1v) is 10.1. The number of aryl methyl sites for hydroxylation is 1. The lowest BCUT2D eigenvalue weighted by molar-refractivity contribution is -0.118. The largest absolute Gasteiger partial charge is 0.484 e. The molecule has 0 radical (unpaired) electrons. The van der Waals surface area contributed by atoms with Gasteiger partial charge in [0.15, 0.2) is 6.61 Å². The fraction of sp³-hybridized carbons (Fsp3) is 0.0833. The Morgan fingerprint density at radius 2 is 1.55 bits per heavy atom. The zero-order valence-electron chi connectivity index (χ0n) is 16.0. The smallest absolute Gasteiger partial charge is 0.262 e. The van der Waals surface area contributed by atoms with Crippen molar-refractivity contribution in [2.45, 2.75) is 6.92 Å². The van der Waals surface area contributed by atoms with Crippen LogP contribution in [0, 0.1) is 6.92 Å². The van der Waals surface area contributed by atoms with Crippen LogP contribution in [0.1, 0.15) is 4.88 Å². The Morgan fingerprint density at radius 1 is 0.897 bits per heavy atom. The third-order valence-corrected chi connectivity index (χ3v) is 5.39. The highest BCUT2D eigenvalue weighted by atomic mass is 32.1. The molecule has 0 spiro atoms. The van der Waals surface area contributed by atoms with Crippen LogP contribution in [-0.2, 0) is 4.79 Å². The fourth-order valence-electron chi connectivity index (χ4n) is 2.94. The quantitative estimate of drug-likeness (QED) is 0.445. The summed E-state index contributed by atoms with van der Waals surface area (Å²) < 4.78 is 5.47.